The van der Waals surface area contributed by atoms with Gasteiger partial charge in [0.15, 0.2) is 0 Å². The van der Waals surface area contributed by atoms with Crippen molar-refractivity contribution in [2.24, 2.45) is 0 Å². The van der Waals surface area contributed by atoms with E-state index in [0.717, 1.165) is 11.1 Å². The van der Waals surface area contributed by atoms with E-state index in [1.807, 2.05) is 80.3 Å². The number of carbonyl (C=O) groups excluding carboxylic acids is 1. The second-order valence-corrected chi connectivity index (χ2v) is 7.21. The Morgan fingerprint density at radius 3 is 2.33 bits per heavy atom. The number of aryl methyl sites for hydroxylation is 1. The van der Waals surface area contributed by atoms with Gasteiger partial charge in [-0.1, -0.05) is 48.0 Å². The van der Waals surface area contributed by atoms with Gasteiger partial charge in [-0.05, 0) is 50.2 Å². The predicted molar refractivity (Wildman–Crippen MR) is 107 cm³/mol. The molecule has 0 aliphatic carbocycles. The Balaban J connectivity index is 1.86. The third-order valence-electron chi connectivity index (χ3n) is 4.33. The summed E-state index contributed by atoms with van der Waals surface area (Å²) in [6.07, 6.45) is 0. The highest BCUT2D eigenvalue weighted by molar-refractivity contribution is 8.00. The number of hydrogen-bond donors (Lipinski definition) is 0. The van der Waals surface area contributed by atoms with Crippen molar-refractivity contribution in [3.63, 3.8) is 0 Å². The lowest BCUT2D eigenvalue weighted by Crippen LogP contribution is -2.33. The Bertz CT molecular complexity index is 874. The summed E-state index contributed by atoms with van der Waals surface area (Å²) in [6.45, 7) is 7.32. The van der Waals surface area contributed by atoms with Crippen molar-refractivity contribution in [1.82, 2.24) is 15.1 Å². The molecule has 140 valence electrons. The Hall–Kier alpha value is -2.60. The number of hydrogen-bond acceptors (Lipinski definition) is 5. The van der Waals surface area contributed by atoms with Gasteiger partial charge >= 0.3 is 0 Å². The Kier molecular flexibility index (Phi) is 6.29. The van der Waals surface area contributed by atoms with E-state index < -0.39 is 5.25 Å². The van der Waals surface area contributed by atoms with Crippen LogP contribution in [0.3, 0.4) is 0 Å². The third kappa shape index (κ3) is 4.57. The average Bonchev–Trinajstić information content (AvgIpc) is 3.17. The monoisotopic (exact) mass is 381 g/mol. The Morgan fingerprint density at radius 2 is 1.70 bits per heavy atom. The van der Waals surface area contributed by atoms with E-state index in [2.05, 4.69) is 10.2 Å². The molecule has 0 radical (unpaired) electrons. The molecular formula is C21H23N3O2S. The van der Waals surface area contributed by atoms with Gasteiger partial charge in [0.1, 0.15) is 5.25 Å². The van der Waals surface area contributed by atoms with E-state index in [9.17, 15) is 4.79 Å². The van der Waals surface area contributed by atoms with Gasteiger partial charge in [0.05, 0.1) is 0 Å². The molecule has 1 amide bonds. The van der Waals surface area contributed by atoms with Crippen LogP contribution < -0.4 is 0 Å². The van der Waals surface area contributed by atoms with Crippen LogP contribution in [0.25, 0.3) is 11.5 Å². The molecule has 0 N–H and O–H groups in total. The Morgan fingerprint density at radius 1 is 1.04 bits per heavy atom. The molecule has 0 bridgehead atoms. The molecule has 3 aromatic rings. The van der Waals surface area contributed by atoms with Crippen molar-refractivity contribution in [2.45, 2.75) is 31.2 Å². The van der Waals surface area contributed by atoms with Gasteiger partial charge in [0.2, 0.25) is 11.8 Å². The van der Waals surface area contributed by atoms with Crippen molar-refractivity contribution >= 4 is 17.7 Å². The van der Waals surface area contributed by atoms with Crippen LogP contribution in [0.1, 0.15) is 30.2 Å². The van der Waals surface area contributed by atoms with Crippen LogP contribution >= 0.6 is 11.8 Å². The molecule has 1 aromatic heterocycles. The molecule has 0 fully saturated rings. The molecule has 1 unspecified atom stereocenters. The summed E-state index contributed by atoms with van der Waals surface area (Å²) < 4.78 is 5.83. The highest BCUT2D eigenvalue weighted by Crippen LogP contribution is 2.37. The molecular weight excluding hydrogens is 358 g/mol. The van der Waals surface area contributed by atoms with Gasteiger partial charge in [0.25, 0.3) is 5.22 Å². The lowest BCUT2D eigenvalue weighted by molar-refractivity contribution is -0.130. The molecule has 0 aliphatic rings. The second kappa shape index (κ2) is 8.86. The maximum Gasteiger partial charge on any atom is 0.277 e. The van der Waals surface area contributed by atoms with Crippen LogP contribution in [0.5, 0.6) is 0 Å². The van der Waals surface area contributed by atoms with Crippen molar-refractivity contribution in [3.05, 3.63) is 65.7 Å². The van der Waals surface area contributed by atoms with E-state index in [1.165, 1.54) is 17.3 Å². The first-order chi connectivity index (χ1) is 13.1. The summed E-state index contributed by atoms with van der Waals surface area (Å²) >= 11 is 1.30. The zero-order valence-electron chi connectivity index (χ0n) is 15.8. The van der Waals surface area contributed by atoms with Crippen molar-refractivity contribution < 1.29 is 9.21 Å². The first-order valence-electron chi connectivity index (χ1n) is 9.03. The maximum absolute atomic E-state index is 13.0. The minimum atomic E-state index is -0.419. The number of rotatable bonds is 7. The molecule has 2 aromatic carbocycles. The van der Waals surface area contributed by atoms with Gasteiger partial charge in [-0.15, -0.1) is 10.2 Å². The molecule has 3 rings (SSSR count). The van der Waals surface area contributed by atoms with Gasteiger partial charge in [-0.3, -0.25) is 4.79 Å². The normalized spacial score (nSPS) is 12.0. The molecule has 6 heteroatoms. The quantitative estimate of drug-likeness (QED) is 0.553. The number of likely N-dealkylation sites (N-methyl/N-ethyl adjacent to an activating group) is 1. The summed E-state index contributed by atoms with van der Waals surface area (Å²) in [4.78, 5) is 14.9. The summed E-state index contributed by atoms with van der Waals surface area (Å²) in [5.41, 5.74) is 2.96. The van der Waals surface area contributed by atoms with Crippen LogP contribution in [-0.4, -0.2) is 34.1 Å². The number of thioether (sulfide) groups is 1. The number of benzene rings is 2. The van der Waals surface area contributed by atoms with Gasteiger partial charge in [-0.2, -0.15) is 0 Å². The standard InChI is InChI=1S/C21H23N3O2S/c1-4-24(5-2)20(25)18(16-9-7-6-8-10-16)27-21-23-22-19(26-21)17-13-11-15(3)12-14-17/h6-14,18H,4-5H2,1-3H3. The summed E-state index contributed by atoms with van der Waals surface area (Å²) in [6, 6.07) is 17.6. The Labute approximate surface area is 163 Å². The van der Waals surface area contributed by atoms with Gasteiger partial charge in [-0.25, -0.2) is 0 Å². The van der Waals surface area contributed by atoms with Crippen LogP contribution in [0.15, 0.2) is 64.2 Å². The summed E-state index contributed by atoms with van der Waals surface area (Å²) in [5, 5.41) is 8.26. The number of nitrogens with zero attached hydrogens (tertiary/aromatic N) is 3. The zero-order chi connectivity index (χ0) is 19.2. The van der Waals surface area contributed by atoms with Crippen molar-refractivity contribution in [3.8, 4) is 11.5 Å². The van der Waals surface area contributed by atoms with Crippen molar-refractivity contribution in [2.75, 3.05) is 13.1 Å². The van der Waals surface area contributed by atoms with E-state index in [0.29, 0.717) is 24.2 Å². The molecule has 5 nitrogen and oxygen atoms in total. The SMILES string of the molecule is CCN(CC)C(=O)C(Sc1nnc(-c2ccc(C)cc2)o1)c1ccccc1. The number of aromatic nitrogens is 2. The smallest absolute Gasteiger partial charge is 0.277 e. The van der Waals surface area contributed by atoms with E-state index >= 15 is 0 Å². The summed E-state index contributed by atoms with van der Waals surface area (Å²) in [5.74, 6) is 0.505. The van der Waals surface area contributed by atoms with E-state index in [4.69, 9.17) is 4.42 Å². The fourth-order valence-corrected chi connectivity index (χ4v) is 3.72. The highest BCUT2D eigenvalue weighted by Gasteiger charge is 2.28. The highest BCUT2D eigenvalue weighted by atomic mass is 32.2. The van der Waals surface area contributed by atoms with E-state index in [-0.39, 0.29) is 5.91 Å². The molecule has 0 saturated carbocycles. The molecule has 1 atom stereocenters. The molecule has 0 aliphatic heterocycles. The average molecular weight is 382 g/mol. The molecule has 27 heavy (non-hydrogen) atoms. The third-order valence-corrected chi connectivity index (χ3v) is 5.40. The molecule has 0 saturated heterocycles. The lowest BCUT2D eigenvalue weighted by Gasteiger charge is -2.24. The van der Waals surface area contributed by atoms with Crippen LogP contribution in [0.2, 0.25) is 0 Å². The summed E-state index contributed by atoms with van der Waals surface area (Å²) in [7, 11) is 0. The fourth-order valence-electron chi connectivity index (χ4n) is 2.76. The van der Waals surface area contributed by atoms with Crippen LogP contribution in [0, 0.1) is 6.92 Å². The van der Waals surface area contributed by atoms with Crippen LogP contribution in [0.4, 0.5) is 0 Å². The molecule has 0 spiro atoms. The largest absolute Gasteiger partial charge is 0.411 e. The van der Waals surface area contributed by atoms with Gasteiger partial charge in [0, 0.05) is 18.7 Å². The number of amides is 1. The lowest BCUT2D eigenvalue weighted by atomic mass is 10.1. The van der Waals surface area contributed by atoms with Crippen LogP contribution in [-0.2, 0) is 4.79 Å². The minimum absolute atomic E-state index is 0.0475. The van der Waals surface area contributed by atoms with E-state index in [1.54, 1.807) is 0 Å². The van der Waals surface area contributed by atoms with Gasteiger partial charge < -0.3 is 9.32 Å². The number of carbonyl (C=O) groups is 1. The zero-order valence-corrected chi connectivity index (χ0v) is 16.6. The minimum Gasteiger partial charge on any atom is -0.411 e. The van der Waals surface area contributed by atoms with Crippen molar-refractivity contribution in [1.29, 1.82) is 0 Å². The fraction of sp³-hybridized carbons (Fsp3) is 0.286. The topological polar surface area (TPSA) is 59.2 Å². The first kappa shape index (κ1) is 19.2. The first-order valence-corrected chi connectivity index (χ1v) is 9.91. The molecule has 1 heterocycles. The maximum atomic E-state index is 13.0. The second-order valence-electron chi connectivity index (χ2n) is 6.16. The predicted octanol–water partition coefficient (Wildman–Crippen LogP) is 4.75.